The highest BCUT2D eigenvalue weighted by molar-refractivity contribution is 6.30. The molecule has 1 rings (SSSR count). The van der Waals surface area contributed by atoms with E-state index in [0.29, 0.717) is 6.54 Å². The summed E-state index contributed by atoms with van der Waals surface area (Å²) in [5.74, 6) is 0. The van der Waals surface area contributed by atoms with Crippen molar-refractivity contribution in [3.05, 3.63) is 29.3 Å². The van der Waals surface area contributed by atoms with Crippen molar-refractivity contribution in [2.45, 2.75) is 0 Å². The van der Waals surface area contributed by atoms with E-state index in [1.807, 2.05) is 24.3 Å². The third-order valence-electron chi connectivity index (χ3n) is 1.33. The lowest BCUT2D eigenvalue weighted by Crippen LogP contribution is -2.27. The normalized spacial score (nSPS) is 9.83. The highest BCUT2D eigenvalue weighted by atomic mass is 35.5. The SMILES string of the molecule is NCCNNc1cccc(Cl)c1. The molecule has 0 aliphatic carbocycles. The van der Waals surface area contributed by atoms with E-state index in [1.165, 1.54) is 0 Å². The van der Waals surface area contributed by atoms with E-state index >= 15 is 0 Å². The van der Waals surface area contributed by atoms with Crippen molar-refractivity contribution in [2.24, 2.45) is 5.73 Å². The third kappa shape index (κ3) is 3.09. The van der Waals surface area contributed by atoms with Crippen molar-refractivity contribution < 1.29 is 0 Å². The highest BCUT2D eigenvalue weighted by Crippen LogP contribution is 2.13. The zero-order valence-corrected chi connectivity index (χ0v) is 7.43. The Morgan fingerprint density at radius 1 is 1.42 bits per heavy atom. The molecule has 0 spiro atoms. The van der Waals surface area contributed by atoms with Crippen molar-refractivity contribution in [3.8, 4) is 0 Å². The minimum Gasteiger partial charge on any atom is -0.329 e. The average Bonchev–Trinajstić information content (AvgIpc) is 2.05. The van der Waals surface area contributed by atoms with Gasteiger partial charge in [-0.15, -0.1) is 0 Å². The Kier molecular flexibility index (Phi) is 3.87. The van der Waals surface area contributed by atoms with Gasteiger partial charge in [0.25, 0.3) is 0 Å². The first-order chi connectivity index (χ1) is 5.83. The molecule has 4 heteroatoms. The predicted molar refractivity (Wildman–Crippen MR) is 52.1 cm³/mol. The molecule has 0 aromatic heterocycles. The number of nitrogens with one attached hydrogen (secondary N) is 2. The van der Waals surface area contributed by atoms with Gasteiger partial charge in [0, 0.05) is 18.1 Å². The quantitative estimate of drug-likeness (QED) is 0.488. The number of anilines is 1. The number of hydrogen-bond donors (Lipinski definition) is 3. The van der Waals surface area contributed by atoms with Crippen molar-refractivity contribution in [1.82, 2.24) is 5.43 Å². The van der Waals surface area contributed by atoms with Crippen LogP contribution in [0.5, 0.6) is 0 Å². The molecule has 4 N–H and O–H groups in total. The monoisotopic (exact) mass is 185 g/mol. The molecule has 0 aliphatic rings. The Morgan fingerprint density at radius 3 is 2.92 bits per heavy atom. The Labute approximate surface area is 76.9 Å². The molecule has 0 atom stereocenters. The third-order valence-corrected chi connectivity index (χ3v) is 1.56. The molecule has 0 bridgehead atoms. The summed E-state index contributed by atoms with van der Waals surface area (Å²) in [6.45, 7) is 1.33. The summed E-state index contributed by atoms with van der Waals surface area (Å²) < 4.78 is 0. The molecule has 12 heavy (non-hydrogen) atoms. The first-order valence-electron chi connectivity index (χ1n) is 3.77. The molecule has 1 aromatic carbocycles. The summed E-state index contributed by atoms with van der Waals surface area (Å²) in [4.78, 5) is 0. The number of nitrogens with two attached hydrogens (primary N) is 1. The van der Waals surface area contributed by atoms with E-state index < -0.39 is 0 Å². The maximum absolute atomic E-state index is 5.77. The largest absolute Gasteiger partial charge is 0.329 e. The van der Waals surface area contributed by atoms with Crippen LogP contribution in [0.15, 0.2) is 24.3 Å². The zero-order valence-electron chi connectivity index (χ0n) is 6.68. The van der Waals surface area contributed by atoms with Gasteiger partial charge in [0.1, 0.15) is 0 Å². The smallest absolute Gasteiger partial charge is 0.0502 e. The summed E-state index contributed by atoms with van der Waals surface area (Å²) in [5, 5.41) is 0.717. The van der Waals surface area contributed by atoms with Crippen LogP contribution in [-0.4, -0.2) is 13.1 Å². The van der Waals surface area contributed by atoms with Crippen LogP contribution < -0.4 is 16.6 Å². The molecule has 3 nitrogen and oxygen atoms in total. The van der Waals surface area contributed by atoms with Gasteiger partial charge in [0.2, 0.25) is 0 Å². The van der Waals surface area contributed by atoms with Gasteiger partial charge in [-0.1, -0.05) is 17.7 Å². The van der Waals surface area contributed by atoms with Crippen LogP contribution in [0.1, 0.15) is 0 Å². The van der Waals surface area contributed by atoms with Gasteiger partial charge in [-0.3, -0.25) is 0 Å². The van der Waals surface area contributed by atoms with Gasteiger partial charge in [-0.25, -0.2) is 5.43 Å². The van der Waals surface area contributed by atoms with Gasteiger partial charge in [-0.2, -0.15) is 0 Å². The Bertz CT molecular complexity index is 239. The molecule has 0 amide bonds. The first-order valence-corrected chi connectivity index (χ1v) is 4.15. The fraction of sp³-hybridized carbons (Fsp3) is 0.250. The van der Waals surface area contributed by atoms with E-state index in [1.54, 1.807) is 0 Å². The Balaban J connectivity index is 2.41. The molecular weight excluding hydrogens is 174 g/mol. The van der Waals surface area contributed by atoms with Crippen LogP contribution in [0.2, 0.25) is 5.02 Å². The average molecular weight is 186 g/mol. The van der Waals surface area contributed by atoms with Crippen LogP contribution in [0, 0.1) is 0 Å². The van der Waals surface area contributed by atoms with Crippen LogP contribution in [0.3, 0.4) is 0 Å². The zero-order chi connectivity index (χ0) is 8.81. The van der Waals surface area contributed by atoms with Gasteiger partial charge in [0.05, 0.1) is 5.69 Å². The Morgan fingerprint density at radius 2 is 2.25 bits per heavy atom. The van der Waals surface area contributed by atoms with E-state index in [0.717, 1.165) is 17.3 Å². The van der Waals surface area contributed by atoms with Crippen LogP contribution in [-0.2, 0) is 0 Å². The molecule has 0 aliphatic heterocycles. The lowest BCUT2D eigenvalue weighted by Gasteiger charge is -2.06. The van der Waals surface area contributed by atoms with Gasteiger partial charge >= 0.3 is 0 Å². The number of benzene rings is 1. The van der Waals surface area contributed by atoms with Gasteiger partial charge in [-0.05, 0) is 18.2 Å². The maximum atomic E-state index is 5.77. The molecule has 0 saturated carbocycles. The molecule has 0 fully saturated rings. The lowest BCUT2D eigenvalue weighted by atomic mass is 10.3. The minimum absolute atomic E-state index is 0.605. The van der Waals surface area contributed by atoms with Crippen molar-refractivity contribution in [3.63, 3.8) is 0 Å². The fourth-order valence-electron chi connectivity index (χ4n) is 0.803. The number of halogens is 1. The molecule has 0 unspecified atom stereocenters. The summed E-state index contributed by atoms with van der Waals surface area (Å²) in [5.41, 5.74) is 12.2. The molecule has 66 valence electrons. The number of hydrogen-bond acceptors (Lipinski definition) is 3. The predicted octanol–water partition coefficient (Wildman–Crippen LogP) is 1.22. The highest BCUT2D eigenvalue weighted by Gasteiger charge is 1.90. The minimum atomic E-state index is 0.605. The summed E-state index contributed by atoms with van der Waals surface area (Å²) >= 11 is 5.77. The number of hydrazine groups is 1. The van der Waals surface area contributed by atoms with E-state index in [-0.39, 0.29) is 0 Å². The lowest BCUT2D eigenvalue weighted by molar-refractivity contribution is 0.789. The van der Waals surface area contributed by atoms with Crippen molar-refractivity contribution in [2.75, 3.05) is 18.5 Å². The van der Waals surface area contributed by atoms with E-state index in [2.05, 4.69) is 10.9 Å². The van der Waals surface area contributed by atoms with E-state index in [4.69, 9.17) is 17.3 Å². The van der Waals surface area contributed by atoms with Crippen LogP contribution >= 0.6 is 11.6 Å². The van der Waals surface area contributed by atoms with Crippen LogP contribution in [0.4, 0.5) is 5.69 Å². The summed E-state index contributed by atoms with van der Waals surface area (Å²) in [7, 11) is 0. The summed E-state index contributed by atoms with van der Waals surface area (Å²) in [6.07, 6.45) is 0. The Hall–Kier alpha value is -0.770. The van der Waals surface area contributed by atoms with Crippen molar-refractivity contribution in [1.29, 1.82) is 0 Å². The van der Waals surface area contributed by atoms with Crippen molar-refractivity contribution >= 4 is 17.3 Å². The molecule has 1 aromatic rings. The van der Waals surface area contributed by atoms with Gasteiger partial charge < -0.3 is 11.2 Å². The fourth-order valence-corrected chi connectivity index (χ4v) is 0.993. The second kappa shape index (κ2) is 4.98. The van der Waals surface area contributed by atoms with E-state index in [9.17, 15) is 0 Å². The maximum Gasteiger partial charge on any atom is 0.0502 e. The second-order valence-corrected chi connectivity index (χ2v) is 2.79. The second-order valence-electron chi connectivity index (χ2n) is 2.35. The standard InChI is InChI=1S/C8H12ClN3/c9-7-2-1-3-8(6-7)12-11-5-4-10/h1-3,6,11-12H,4-5,10H2. The summed E-state index contributed by atoms with van der Waals surface area (Å²) in [6, 6.07) is 7.48. The molecule has 0 saturated heterocycles. The van der Waals surface area contributed by atoms with Gasteiger partial charge in [0.15, 0.2) is 0 Å². The molecule has 0 radical (unpaired) electrons. The molecule has 0 heterocycles. The molecular formula is C8H12ClN3. The first kappa shape index (κ1) is 9.32. The number of rotatable bonds is 4. The topological polar surface area (TPSA) is 50.1 Å². The van der Waals surface area contributed by atoms with Crippen LogP contribution in [0.25, 0.3) is 0 Å².